The van der Waals surface area contributed by atoms with Crippen LogP contribution in [0.15, 0.2) is 29.0 Å². The Balaban J connectivity index is 2.29. The van der Waals surface area contributed by atoms with E-state index in [9.17, 15) is 0 Å². The van der Waals surface area contributed by atoms with Gasteiger partial charge in [-0.25, -0.2) is 4.98 Å². The Morgan fingerprint density at radius 2 is 2.20 bits per heavy atom. The van der Waals surface area contributed by atoms with Crippen LogP contribution in [0.25, 0.3) is 0 Å². The molecule has 6 heteroatoms. The van der Waals surface area contributed by atoms with Gasteiger partial charge in [0.25, 0.3) is 0 Å². The summed E-state index contributed by atoms with van der Waals surface area (Å²) in [5.41, 5.74) is 1.30. The number of likely N-dealkylation sites (N-methyl/N-ethyl adjacent to an activating group) is 1. The van der Waals surface area contributed by atoms with Crippen LogP contribution in [0.4, 0.5) is 0 Å². The maximum Gasteiger partial charge on any atom is 0.138 e. The van der Waals surface area contributed by atoms with Gasteiger partial charge in [0, 0.05) is 27.1 Å². The second kappa shape index (κ2) is 7.51. The fourth-order valence-electron chi connectivity index (χ4n) is 2.21. The maximum atomic E-state index is 4.38. The van der Waals surface area contributed by atoms with Gasteiger partial charge in [-0.1, -0.05) is 22.9 Å². The van der Waals surface area contributed by atoms with E-state index in [-0.39, 0.29) is 6.04 Å². The molecule has 108 valence electrons. The topological polar surface area (TPSA) is 42.7 Å². The summed E-state index contributed by atoms with van der Waals surface area (Å²) in [6.45, 7) is 5.99. The normalized spacial score (nSPS) is 12.6. The monoisotopic (exact) mass is 448 g/mol. The Morgan fingerprint density at radius 1 is 1.40 bits per heavy atom. The lowest BCUT2D eigenvalue weighted by Gasteiger charge is -2.20. The molecule has 0 aliphatic rings. The molecule has 0 saturated heterocycles. The number of nitrogens with zero attached hydrogens (tertiary/aromatic N) is 3. The van der Waals surface area contributed by atoms with Gasteiger partial charge in [-0.2, -0.15) is 5.10 Å². The number of nitrogens with one attached hydrogen (secondary N) is 1. The molecule has 1 heterocycles. The molecule has 1 N–H and O–H groups in total. The third kappa shape index (κ3) is 3.79. The third-order valence-electron chi connectivity index (χ3n) is 3.17. The Bertz CT molecular complexity index is 570. The molecule has 1 unspecified atom stereocenters. The van der Waals surface area contributed by atoms with Crippen molar-refractivity contribution >= 4 is 38.5 Å². The Labute approximate surface area is 141 Å². The fourth-order valence-corrected chi connectivity index (χ4v) is 3.30. The Morgan fingerprint density at radius 3 is 2.90 bits per heavy atom. The smallest absolute Gasteiger partial charge is 0.138 e. The summed E-state index contributed by atoms with van der Waals surface area (Å²) < 4.78 is 4.32. The molecule has 2 aromatic rings. The summed E-state index contributed by atoms with van der Waals surface area (Å²) in [4.78, 5) is 4.38. The van der Waals surface area contributed by atoms with Crippen molar-refractivity contribution in [3.63, 3.8) is 0 Å². The first-order chi connectivity index (χ1) is 9.65. The van der Waals surface area contributed by atoms with Gasteiger partial charge in [0.15, 0.2) is 0 Å². The number of aromatic nitrogens is 3. The molecule has 0 aliphatic carbocycles. The molecular formula is C14H18BrIN4. The fraction of sp³-hybridized carbons (Fsp3) is 0.429. The van der Waals surface area contributed by atoms with Gasteiger partial charge in [0.2, 0.25) is 0 Å². The largest absolute Gasteiger partial charge is 0.310 e. The maximum absolute atomic E-state index is 4.38. The summed E-state index contributed by atoms with van der Waals surface area (Å²) in [5, 5.41) is 7.80. The van der Waals surface area contributed by atoms with E-state index in [2.05, 4.69) is 86.0 Å². The van der Waals surface area contributed by atoms with Gasteiger partial charge in [-0.3, -0.25) is 4.68 Å². The predicted molar refractivity (Wildman–Crippen MR) is 92.7 cm³/mol. The molecule has 0 radical (unpaired) electrons. The van der Waals surface area contributed by atoms with Gasteiger partial charge >= 0.3 is 0 Å². The summed E-state index contributed by atoms with van der Waals surface area (Å²) in [5.74, 6) is 1.02. The molecule has 1 atom stereocenters. The van der Waals surface area contributed by atoms with Gasteiger partial charge < -0.3 is 5.32 Å². The van der Waals surface area contributed by atoms with Crippen LogP contribution >= 0.6 is 38.5 Å². The lowest BCUT2D eigenvalue weighted by Crippen LogP contribution is -2.25. The van der Waals surface area contributed by atoms with E-state index >= 15 is 0 Å². The minimum Gasteiger partial charge on any atom is -0.310 e. The summed E-state index contributed by atoms with van der Waals surface area (Å²) in [7, 11) is 0. The quantitative estimate of drug-likeness (QED) is 0.687. The lowest BCUT2D eigenvalue weighted by molar-refractivity contribution is 0.508. The standard InChI is InChI=1S/C14H18BrIN4/c1-3-17-13(8-14-18-9-19-20(14)4-2)11-7-10(15)5-6-12(11)16/h5-7,9,13,17H,3-4,8H2,1-2H3. The first-order valence-electron chi connectivity index (χ1n) is 6.70. The second-order valence-corrected chi connectivity index (χ2v) is 6.55. The molecule has 20 heavy (non-hydrogen) atoms. The van der Waals surface area contributed by atoms with Crippen molar-refractivity contribution in [3.8, 4) is 0 Å². The Kier molecular flexibility index (Phi) is 5.98. The highest BCUT2D eigenvalue weighted by molar-refractivity contribution is 14.1. The highest BCUT2D eigenvalue weighted by Gasteiger charge is 2.17. The van der Waals surface area contributed by atoms with Gasteiger partial charge in [-0.05, 0) is 59.8 Å². The summed E-state index contributed by atoms with van der Waals surface area (Å²) in [6.07, 6.45) is 2.47. The number of hydrogen-bond donors (Lipinski definition) is 1. The zero-order valence-electron chi connectivity index (χ0n) is 11.6. The van der Waals surface area contributed by atoms with E-state index in [1.165, 1.54) is 9.13 Å². The minimum atomic E-state index is 0.249. The highest BCUT2D eigenvalue weighted by atomic mass is 127. The number of halogens is 2. The van der Waals surface area contributed by atoms with Gasteiger partial charge in [-0.15, -0.1) is 0 Å². The molecule has 2 rings (SSSR count). The van der Waals surface area contributed by atoms with Crippen molar-refractivity contribution in [1.82, 2.24) is 20.1 Å². The number of hydrogen-bond acceptors (Lipinski definition) is 3. The molecule has 1 aromatic carbocycles. The van der Waals surface area contributed by atoms with Crippen molar-refractivity contribution in [2.45, 2.75) is 32.9 Å². The van der Waals surface area contributed by atoms with Gasteiger partial charge in [0.05, 0.1) is 0 Å². The first-order valence-corrected chi connectivity index (χ1v) is 8.57. The molecule has 0 saturated carbocycles. The average molecular weight is 449 g/mol. The van der Waals surface area contributed by atoms with E-state index in [1.54, 1.807) is 6.33 Å². The van der Waals surface area contributed by atoms with E-state index in [0.717, 1.165) is 29.8 Å². The Hall–Kier alpha value is -0.470. The molecule has 0 bridgehead atoms. The van der Waals surface area contributed by atoms with Crippen LogP contribution in [-0.4, -0.2) is 21.3 Å². The van der Waals surface area contributed by atoms with Gasteiger partial charge in [0.1, 0.15) is 12.2 Å². The van der Waals surface area contributed by atoms with Crippen molar-refractivity contribution in [2.24, 2.45) is 0 Å². The number of rotatable bonds is 6. The van der Waals surface area contributed by atoms with Crippen molar-refractivity contribution in [2.75, 3.05) is 6.54 Å². The van der Waals surface area contributed by atoms with Crippen LogP contribution in [0.3, 0.4) is 0 Å². The number of benzene rings is 1. The van der Waals surface area contributed by atoms with Crippen molar-refractivity contribution < 1.29 is 0 Å². The van der Waals surface area contributed by atoms with Crippen LogP contribution in [0.1, 0.15) is 31.3 Å². The van der Waals surface area contributed by atoms with E-state index in [0.29, 0.717) is 0 Å². The van der Waals surface area contributed by atoms with E-state index in [1.807, 2.05) is 4.68 Å². The molecule has 0 fully saturated rings. The molecular weight excluding hydrogens is 431 g/mol. The van der Waals surface area contributed by atoms with Crippen LogP contribution in [0.2, 0.25) is 0 Å². The average Bonchev–Trinajstić information content (AvgIpc) is 2.88. The minimum absolute atomic E-state index is 0.249. The van der Waals surface area contributed by atoms with E-state index in [4.69, 9.17) is 0 Å². The molecule has 1 aromatic heterocycles. The second-order valence-electron chi connectivity index (χ2n) is 4.47. The number of aryl methyl sites for hydroxylation is 1. The van der Waals surface area contributed by atoms with Crippen molar-refractivity contribution in [1.29, 1.82) is 0 Å². The van der Waals surface area contributed by atoms with E-state index < -0.39 is 0 Å². The molecule has 0 amide bonds. The highest BCUT2D eigenvalue weighted by Crippen LogP contribution is 2.26. The first kappa shape index (κ1) is 15.9. The zero-order valence-corrected chi connectivity index (χ0v) is 15.3. The SMILES string of the molecule is CCNC(Cc1ncnn1CC)c1cc(Br)ccc1I. The van der Waals surface area contributed by atoms with Crippen LogP contribution in [0, 0.1) is 3.57 Å². The van der Waals surface area contributed by atoms with Crippen LogP contribution in [-0.2, 0) is 13.0 Å². The summed E-state index contributed by atoms with van der Waals surface area (Å²) in [6, 6.07) is 6.64. The predicted octanol–water partition coefficient (Wildman–Crippen LogP) is 3.56. The van der Waals surface area contributed by atoms with Crippen molar-refractivity contribution in [3.05, 3.63) is 44.0 Å². The zero-order chi connectivity index (χ0) is 14.5. The summed E-state index contributed by atoms with van der Waals surface area (Å²) >= 11 is 5.94. The molecule has 0 aliphatic heterocycles. The van der Waals surface area contributed by atoms with Crippen LogP contribution < -0.4 is 5.32 Å². The molecule has 0 spiro atoms. The lowest BCUT2D eigenvalue weighted by atomic mass is 10.0. The third-order valence-corrected chi connectivity index (χ3v) is 4.64. The molecule has 4 nitrogen and oxygen atoms in total. The van der Waals surface area contributed by atoms with Crippen LogP contribution in [0.5, 0.6) is 0 Å².